The van der Waals surface area contributed by atoms with Gasteiger partial charge in [-0.1, -0.05) is 0 Å². The molecule has 21 heavy (non-hydrogen) atoms. The molecule has 2 heterocycles. The van der Waals surface area contributed by atoms with E-state index in [1.807, 2.05) is 14.1 Å². The van der Waals surface area contributed by atoms with E-state index in [-0.39, 0.29) is 10.1 Å². The smallest absolute Gasteiger partial charge is 0.342 e. The van der Waals surface area contributed by atoms with E-state index < -0.39 is 5.97 Å². The highest BCUT2D eigenvalue weighted by atomic mass is 79.9. The standard InChI is InChI=1S/C12H12BrN3O4S/c1-6-14-15-12(19-6)21-9(11(17)18)5-7-4-8(13)10(20-7)16(2)3/h4-5H,1-3H3,(H,17,18)/b9-5-. The summed E-state index contributed by atoms with van der Waals surface area (Å²) in [7, 11) is 3.65. The molecular formula is C12H12BrN3O4S. The van der Waals surface area contributed by atoms with Gasteiger partial charge < -0.3 is 18.8 Å². The van der Waals surface area contributed by atoms with Crippen molar-refractivity contribution in [3.8, 4) is 0 Å². The van der Waals surface area contributed by atoms with Gasteiger partial charge in [0.15, 0.2) is 0 Å². The maximum absolute atomic E-state index is 11.3. The molecule has 0 radical (unpaired) electrons. The van der Waals surface area contributed by atoms with Crippen LogP contribution in [0.15, 0.2) is 29.5 Å². The number of thioether (sulfide) groups is 1. The second-order valence-corrected chi connectivity index (χ2v) is 6.05. The minimum Gasteiger partial charge on any atom is -0.477 e. The zero-order chi connectivity index (χ0) is 15.6. The lowest BCUT2D eigenvalue weighted by atomic mass is 10.4. The molecular weight excluding hydrogens is 362 g/mol. The highest BCUT2D eigenvalue weighted by Gasteiger charge is 2.16. The van der Waals surface area contributed by atoms with E-state index in [0.29, 0.717) is 17.5 Å². The van der Waals surface area contributed by atoms with Crippen molar-refractivity contribution in [3.63, 3.8) is 0 Å². The van der Waals surface area contributed by atoms with Crippen molar-refractivity contribution in [2.45, 2.75) is 12.1 Å². The second kappa shape index (κ2) is 6.35. The van der Waals surface area contributed by atoms with Gasteiger partial charge in [0.2, 0.25) is 11.8 Å². The molecule has 0 saturated heterocycles. The highest BCUT2D eigenvalue weighted by molar-refractivity contribution is 9.10. The van der Waals surface area contributed by atoms with Gasteiger partial charge in [-0.2, -0.15) is 0 Å². The molecule has 7 nitrogen and oxygen atoms in total. The lowest BCUT2D eigenvalue weighted by Crippen LogP contribution is -2.07. The van der Waals surface area contributed by atoms with Gasteiger partial charge in [0.1, 0.15) is 10.7 Å². The predicted octanol–water partition coefficient (Wildman–Crippen LogP) is 3.02. The topological polar surface area (TPSA) is 92.6 Å². The first-order valence-corrected chi connectivity index (χ1v) is 7.37. The van der Waals surface area contributed by atoms with E-state index in [2.05, 4.69) is 26.1 Å². The van der Waals surface area contributed by atoms with Crippen molar-refractivity contribution in [1.82, 2.24) is 10.2 Å². The highest BCUT2D eigenvalue weighted by Crippen LogP contribution is 2.32. The van der Waals surface area contributed by atoms with Crippen molar-refractivity contribution < 1.29 is 18.7 Å². The van der Waals surface area contributed by atoms with Gasteiger partial charge in [0.05, 0.1) is 4.47 Å². The second-order valence-electron chi connectivity index (χ2n) is 4.20. The first kappa shape index (κ1) is 15.6. The van der Waals surface area contributed by atoms with Crippen LogP contribution in [-0.2, 0) is 4.79 Å². The van der Waals surface area contributed by atoms with Crippen LogP contribution in [0.4, 0.5) is 5.88 Å². The zero-order valence-electron chi connectivity index (χ0n) is 11.5. The van der Waals surface area contributed by atoms with Crippen LogP contribution in [0.5, 0.6) is 0 Å². The van der Waals surface area contributed by atoms with Gasteiger partial charge in [-0.15, -0.1) is 10.2 Å². The molecule has 0 amide bonds. The molecule has 0 spiro atoms. The maximum Gasteiger partial charge on any atom is 0.342 e. The van der Waals surface area contributed by atoms with E-state index in [1.54, 1.807) is 17.9 Å². The van der Waals surface area contributed by atoms with E-state index in [9.17, 15) is 9.90 Å². The largest absolute Gasteiger partial charge is 0.477 e. The fraction of sp³-hybridized carbons (Fsp3) is 0.250. The van der Waals surface area contributed by atoms with Crippen molar-refractivity contribution in [2.24, 2.45) is 0 Å². The van der Waals surface area contributed by atoms with Crippen LogP contribution in [-0.4, -0.2) is 35.4 Å². The Balaban J connectivity index is 2.29. The maximum atomic E-state index is 11.3. The molecule has 9 heteroatoms. The number of aliphatic carboxylic acids is 1. The van der Waals surface area contributed by atoms with E-state index >= 15 is 0 Å². The molecule has 0 saturated carbocycles. The molecule has 0 aliphatic heterocycles. The van der Waals surface area contributed by atoms with Crippen molar-refractivity contribution in [1.29, 1.82) is 0 Å². The summed E-state index contributed by atoms with van der Waals surface area (Å²) in [6.45, 7) is 1.63. The van der Waals surface area contributed by atoms with Crippen LogP contribution in [0, 0.1) is 6.92 Å². The number of furan rings is 1. The molecule has 2 aromatic rings. The van der Waals surface area contributed by atoms with Crippen LogP contribution in [0.2, 0.25) is 0 Å². The van der Waals surface area contributed by atoms with E-state index in [1.165, 1.54) is 6.08 Å². The molecule has 0 atom stereocenters. The van der Waals surface area contributed by atoms with Gasteiger partial charge in [0, 0.05) is 33.2 Å². The number of carboxylic acids is 1. The number of carbonyl (C=O) groups is 1. The summed E-state index contributed by atoms with van der Waals surface area (Å²) in [6, 6.07) is 1.69. The predicted molar refractivity (Wildman–Crippen MR) is 81.2 cm³/mol. The fourth-order valence-electron chi connectivity index (χ4n) is 1.43. The molecule has 0 aliphatic carbocycles. The Labute approximate surface area is 133 Å². The summed E-state index contributed by atoms with van der Waals surface area (Å²) < 4.78 is 11.5. The van der Waals surface area contributed by atoms with Crippen LogP contribution < -0.4 is 4.90 Å². The molecule has 2 aromatic heterocycles. The molecule has 0 aliphatic rings. The SMILES string of the molecule is Cc1nnc(S/C(=C\c2cc(Br)c(N(C)C)o2)C(=O)O)o1. The number of nitrogens with zero attached hydrogens (tertiary/aromatic N) is 3. The zero-order valence-corrected chi connectivity index (χ0v) is 13.9. The molecule has 112 valence electrons. The minimum atomic E-state index is -1.10. The Hall–Kier alpha value is -1.74. The van der Waals surface area contributed by atoms with Crippen molar-refractivity contribution in [3.05, 3.63) is 27.1 Å². The number of rotatable bonds is 5. The van der Waals surface area contributed by atoms with Crippen LogP contribution in [0.3, 0.4) is 0 Å². The number of hydrogen-bond acceptors (Lipinski definition) is 7. The molecule has 0 fully saturated rings. The first-order chi connectivity index (χ1) is 9.86. The normalized spacial score (nSPS) is 11.7. The third-order valence-electron chi connectivity index (χ3n) is 2.28. The van der Waals surface area contributed by atoms with E-state index in [0.717, 1.165) is 16.2 Å². The first-order valence-electron chi connectivity index (χ1n) is 5.76. The average Bonchev–Trinajstić information content (AvgIpc) is 2.95. The molecule has 2 rings (SSSR count). The number of aryl methyl sites for hydroxylation is 1. The Morgan fingerprint density at radius 2 is 2.14 bits per heavy atom. The Kier molecular flexibility index (Phi) is 4.73. The summed E-state index contributed by atoms with van der Waals surface area (Å²) >= 11 is 4.22. The number of anilines is 1. The quantitative estimate of drug-likeness (QED) is 0.631. The monoisotopic (exact) mass is 373 g/mol. The lowest BCUT2D eigenvalue weighted by Gasteiger charge is -2.07. The Bertz CT molecular complexity index is 692. The fourth-order valence-corrected chi connectivity index (χ4v) is 2.79. The third kappa shape index (κ3) is 3.88. The van der Waals surface area contributed by atoms with Gasteiger partial charge in [0.25, 0.3) is 5.22 Å². The molecule has 0 bridgehead atoms. The average molecular weight is 374 g/mol. The number of carboxylic acid groups (broad SMARTS) is 1. The van der Waals surface area contributed by atoms with Gasteiger partial charge in [-0.3, -0.25) is 0 Å². The molecule has 0 unspecified atom stereocenters. The van der Waals surface area contributed by atoms with Gasteiger partial charge >= 0.3 is 5.97 Å². The van der Waals surface area contributed by atoms with Gasteiger partial charge in [-0.25, -0.2) is 4.79 Å². The number of halogens is 1. The summed E-state index contributed by atoms with van der Waals surface area (Å²) in [5.41, 5.74) is 0. The number of hydrogen-bond donors (Lipinski definition) is 1. The summed E-state index contributed by atoms with van der Waals surface area (Å²) in [6.07, 6.45) is 1.41. The van der Waals surface area contributed by atoms with Crippen molar-refractivity contribution >= 4 is 45.6 Å². The Morgan fingerprint density at radius 1 is 1.43 bits per heavy atom. The summed E-state index contributed by atoms with van der Waals surface area (Å²) in [5.74, 6) is 0.281. The Morgan fingerprint density at radius 3 is 2.62 bits per heavy atom. The van der Waals surface area contributed by atoms with Crippen molar-refractivity contribution in [2.75, 3.05) is 19.0 Å². The number of aromatic nitrogens is 2. The minimum absolute atomic E-state index is 0.0187. The molecule has 1 N–H and O–H groups in total. The molecule has 0 aromatic carbocycles. The van der Waals surface area contributed by atoms with Crippen LogP contribution in [0.1, 0.15) is 11.7 Å². The van der Waals surface area contributed by atoms with E-state index in [4.69, 9.17) is 8.83 Å². The summed E-state index contributed by atoms with van der Waals surface area (Å²) in [5, 5.41) is 16.8. The van der Waals surface area contributed by atoms with Crippen LogP contribution >= 0.6 is 27.7 Å². The third-order valence-corrected chi connectivity index (χ3v) is 3.70. The lowest BCUT2D eigenvalue weighted by molar-refractivity contribution is -0.131. The summed E-state index contributed by atoms with van der Waals surface area (Å²) in [4.78, 5) is 13.1. The van der Waals surface area contributed by atoms with Gasteiger partial charge in [-0.05, 0) is 27.7 Å². The van der Waals surface area contributed by atoms with Crippen LogP contribution in [0.25, 0.3) is 6.08 Å².